The average molecular weight is 236 g/mol. The van der Waals surface area contributed by atoms with E-state index >= 15 is 0 Å². The van der Waals surface area contributed by atoms with Crippen molar-refractivity contribution in [1.29, 1.82) is 5.26 Å². The van der Waals surface area contributed by atoms with Gasteiger partial charge in [0.05, 0.1) is 11.6 Å². The number of hydrogen-bond acceptors (Lipinski definition) is 2. The normalized spacial score (nSPS) is 11.8. The Labute approximate surface area is 108 Å². The molecule has 0 aromatic heterocycles. The molecule has 0 aliphatic rings. The Balaban J connectivity index is 1.97. The van der Waals surface area contributed by atoms with Crippen LogP contribution in [0.5, 0.6) is 0 Å². The monoisotopic (exact) mass is 236 g/mol. The third kappa shape index (κ3) is 3.19. The van der Waals surface area contributed by atoms with Gasteiger partial charge in [-0.05, 0) is 30.2 Å². The van der Waals surface area contributed by atoms with Gasteiger partial charge in [-0.3, -0.25) is 0 Å². The van der Waals surface area contributed by atoms with Crippen LogP contribution in [0.2, 0.25) is 0 Å². The number of hydrogen-bond donors (Lipinski definition) is 1. The van der Waals surface area contributed by atoms with Gasteiger partial charge in [0.1, 0.15) is 0 Å². The van der Waals surface area contributed by atoms with E-state index in [9.17, 15) is 0 Å². The molecule has 0 saturated carbocycles. The third-order valence-electron chi connectivity index (χ3n) is 2.97. The molecule has 2 heteroatoms. The molecule has 0 radical (unpaired) electrons. The van der Waals surface area contributed by atoms with Gasteiger partial charge in [0, 0.05) is 12.6 Å². The summed E-state index contributed by atoms with van der Waals surface area (Å²) in [7, 11) is 0. The second-order valence-corrected chi connectivity index (χ2v) is 4.33. The predicted molar refractivity (Wildman–Crippen MR) is 72.9 cm³/mol. The summed E-state index contributed by atoms with van der Waals surface area (Å²) in [6.07, 6.45) is 0. The van der Waals surface area contributed by atoms with Gasteiger partial charge in [0.2, 0.25) is 0 Å². The molecule has 0 bridgehead atoms. The lowest BCUT2D eigenvalue weighted by Gasteiger charge is -2.14. The number of nitriles is 1. The fraction of sp³-hybridized carbons (Fsp3) is 0.188. The van der Waals surface area contributed by atoms with E-state index in [4.69, 9.17) is 5.26 Å². The molecule has 2 aromatic carbocycles. The summed E-state index contributed by atoms with van der Waals surface area (Å²) in [4.78, 5) is 0. The zero-order valence-electron chi connectivity index (χ0n) is 10.4. The van der Waals surface area contributed by atoms with Gasteiger partial charge in [0.25, 0.3) is 0 Å². The van der Waals surface area contributed by atoms with Gasteiger partial charge in [0.15, 0.2) is 0 Å². The summed E-state index contributed by atoms with van der Waals surface area (Å²) < 4.78 is 0. The van der Waals surface area contributed by atoms with E-state index in [1.54, 1.807) is 0 Å². The zero-order valence-corrected chi connectivity index (χ0v) is 10.4. The molecule has 0 saturated heterocycles. The first-order valence-corrected chi connectivity index (χ1v) is 6.07. The molecule has 0 aliphatic carbocycles. The van der Waals surface area contributed by atoms with E-state index in [0.717, 1.165) is 12.1 Å². The molecule has 0 aliphatic heterocycles. The van der Waals surface area contributed by atoms with E-state index in [1.165, 1.54) is 5.56 Å². The Bertz CT molecular complexity index is 541. The van der Waals surface area contributed by atoms with Crippen molar-refractivity contribution in [1.82, 2.24) is 5.32 Å². The second kappa shape index (κ2) is 6.00. The molecule has 1 atom stereocenters. The van der Waals surface area contributed by atoms with Gasteiger partial charge in [-0.15, -0.1) is 0 Å². The summed E-state index contributed by atoms with van der Waals surface area (Å²) in [5.41, 5.74) is 3.12. The van der Waals surface area contributed by atoms with Crippen molar-refractivity contribution in [2.75, 3.05) is 0 Å². The second-order valence-electron chi connectivity index (χ2n) is 4.33. The van der Waals surface area contributed by atoms with E-state index in [0.29, 0.717) is 11.6 Å². The minimum Gasteiger partial charge on any atom is -0.306 e. The highest BCUT2D eigenvalue weighted by molar-refractivity contribution is 5.32. The zero-order chi connectivity index (χ0) is 12.8. The van der Waals surface area contributed by atoms with Gasteiger partial charge >= 0.3 is 0 Å². The molecule has 1 N–H and O–H groups in total. The molecule has 2 nitrogen and oxygen atoms in total. The van der Waals surface area contributed by atoms with Crippen molar-refractivity contribution in [2.45, 2.75) is 19.5 Å². The van der Waals surface area contributed by atoms with Crippen molar-refractivity contribution < 1.29 is 0 Å². The van der Waals surface area contributed by atoms with Crippen LogP contribution in [-0.2, 0) is 6.54 Å². The van der Waals surface area contributed by atoms with Crippen molar-refractivity contribution >= 4 is 0 Å². The topological polar surface area (TPSA) is 35.8 Å². The molecule has 0 spiro atoms. The molecule has 18 heavy (non-hydrogen) atoms. The maximum Gasteiger partial charge on any atom is 0.0991 e. The van der Waals surface area contributed by atoms with Crippen LogP contribution >= 0.6 is 0 Å². The number of rotatable bonds is 4. The standard InChI is InChI=1S/C16H16N2/c1-13(16-8-3-2-4-9-16)18-12-15-7-5-6-14(10-15)11-17/h2-10,13,18H,12H2,1H3. The summed E-state index contributed by atoms with van der Waals surface area (Å²) in [5, 5.41) is 12.3. The molecule has 90 valence electrons. The summed E-state index contributed by atoms with van der Waals surface area (Å²) >= 11 is 0. The molecular weight excluding hydrogens is 220 g/mol. The van der Waals surface area contributed by atoms with Crippen molar-refractivity contribution in [2.24, 2.45) is 0 Å². The number of nitrogens with zero attached hydrogens (tertiary/aromatic N) is 1. The highest BCUT2D eigenvalue weighted by Gasteiger charge is 2.03. The van der Waals surface area contributed by atoms with Crippen molar-refractivity contribution in [3.8, 4) is 6.07 Å². The van der Waals surface area contributed by atoms with Crippen molar-refractivity contribution in [3.63, 3.8) is 0 Å². The number of nitrogens with one attached hydrogen (secondary N) is 1. The Morgan fingerprint density at radius 3 is 2.61 bits per heavy atom. The molecule has 2 aromatic rings. The first-order chi connectivity index (χ1) is 8.79. The lowest BCUT2D eigenvalue weighted by molar-refractivity contribution is 0.574. The first kappa shape index (κ1) is 12.3. The molecule has 0 heterocycles. The number of benzene rings is 2. The van der Waals surface area contributed by atoms with Crippen LogP contribution in [0, 0.1) is 11.3 Å². The van der Waals surface area contributed by atoms with Crippen LogP contribution in [0.3, 0.4) is 0 Å². The van der Waals surface area contributed by atoms with Crippen LogP contribution in [-0.4, -0.2) is 0 Å². The highest BCUT2D eigenvalue weighted by atomic mass is 14.9. The van der Waals surface area contributed by atoms with E-state index in [1.807, 2.05) is 42.5 Å². The molecular formula is C16H16N2. The predicted octanol–water partition coefficient (Wildman–Crippen LogP) is 3.41. The average Bonchev–Trinajstić information content (AvgIpc) is 2.46. The van der Waals surface area contributed by atoms with Gasteiger partial charge < -0.3 is 5.32 Å². The Kier molecular flexibility index (Phi) is 4.11. The van der Waals surface area contributed by atoms with E-state index in [2.05, 4.69) is 30.4 Å². The summed E-state index contributed by atoms with van der Waals surface area (Å²) in [6, 6.07) is 20.5. The maximum atomic E-state index is 8.85. The van der Waals surface area contributed by atoms with Crippen LogP contribution in [0.15, 0.2) is 54.6 Å². The molecule has 1 unspecified atom stereocenters. The largest absolute Gasteiger partial charge is 0.306 e. The van der Waals surface area contributed by atoms with E-state index < -0.39 is 0 Å². The lowest BCUT2D eigenvalue weighted by Crippen LogP contribution is -2.17. The summed E-state index contributed by atoms with van der Waals surface area (Å²) in [5.74, 6) is 0. The molecule has 0 amide bonds. The summed E-state index contributed by atoms with van der Waals surface area (Å²) in [6.45, 7) is 2.91. The van der Waals surface area contributed by atoms with Crippen LogP contribution in [0.4, 0.5) is 0 Å². The molecule has 2 rings (SSSR count). The lowest BCUT2D eigenvalue weighted by atomic mass is 10.1. The Hall–Kier alpha value is -2.11. The smallest absolute Gasteiger partial charge is 0.0991 e. The fourth-order valence-corrected chi connectivity index (χ4v) is 1.88. The van der Waals surface area contributed by atoms with Gasteiger partial charge in [-0.1, -0.05) is 42.5 Å². The minimum absolute atomic E-state index is 0.303. The Morgan fingerprint density at radius 1 is 1.11 bits per heavy atom. The third-order valence-corrected chi connectivity index (χ3v) is 2.97. The van der Waals surface area contributed by atoms with Crippen molar-refractivity contribution in [3.05, 3.63) is 71.3 Å². The first-order valence-electron chi connectivity index (χ1n) is 6.07. The quantitative estimate of drug-likeness (QED) is 0.883. The highest BCUT2D eigenvalue weighted by Crippen LogP contribution is 2.12. The maximum absolute atomic E-state index is 8.85. The van der Waals surface area contributed by atoms with Crippen LogP contribution in [0.1, 0.15) is 29.7 Å². The SMILES string of the molecule is CC(NCc1cccc(C#N)c1)c1ccccc1. The van der Waals surface area contributed by atoms with Crippen LogP contribution < -0.4 is 5.32 Å². The minimum atomic E-state index is 0.303. The Morgan fingerprint density at radius 2 is 1.89 bits per heavy atom. The van der Waals surface area contributed by atoms with E-state index in [-0.39, 0.29) is 0 Å². The van der Waals surface area contributed by atoms with Gasteiger partial charge in [-0.2, -0.15) is 5.26 Å². The molecule has 0 fully saturated rings. The fourth-order valence-electron chi connectivity index (χ4n) is 1.88. The van der Waals surface area contributed by atoms with Crippen LogP contribution in [0.25, 0.3) is 0 Å². The van der Waals surface area contributed by atoms with Gasteiger partial charge in [-0.25, -0.2) is 0 Å².